The molecule has 0 atom stereocenters. The highest BCUT2D eigenvalue weighted by atomic mass is 79.9. The number of nitrogens with zero attached hydrogens (tertiary/aromatic N) is 1. The van der Waals surface area contributed by atoms with E-state index in [2.05, 4.69) is 32.3 Å². The molecule has 0 bridgehead atoms. The third-order valence-electron chi connectivity index (χ3n) is 2.31. The van der Waals surface area contributed by atoms with E-state index >= 15 is 0 Å². The number of nitrogens with one attached hydrogen (secondary N) is 1. The maximum Gasteiger partial charge on any atom is 0.354 e. The Hall–Kier alpha value is -1.40. The van der Waals surface area contributed by atoms with Crippen LogP contribution in [0.25, 0.3) is 0 Å². The molecule has 94 valence electrons. The normalized spacial score (nSPS) is 10.3. The lowest BCUT2D eigenvalue weighted by Crippen LogP contribution is -2.05. The summed E-state index contributed by atoms with van der Waals surface area (Å²) in [5.74, 6) is -1.01. The Balaban J connectivity index is 1.85. The van der Waals surface area contributed by atoms with Crippen LogP contribution >= 0.6 is 27.3 Å². The Kier molecular flexibility index (Phi) is 4.33. The Bertz CT molecular complexity index is 539. The fraction of sp³-hybridized carbons (Fsp3) is 0.167. The van der Waals surface area contributed by atoms with Gasteiger partial charge in [-0.3, -0.25) is 0 Å². The van der Waals surface area contributed by atoms with E-state index in [0.29, 0.717) is 0 Å². The second kappa shape index (κ2) is 5.97. The van der Waals surface area contributed by atoms with Crippen molar-refractivity contribution in [1.29, 1.82) is 0 Å². The van der Waals surface area contributed by atoms with Crippen molar-refractivity contribution < 1.29 is 9.90 Å². The number of carbonyl (C=O) groups is 1. The highest BCUT2D eigenvalue weighted by Gasteiger charge is 2.03. The zero-order valence-corrected chi connectivity index (χ0v) is 11.8. The molecule has 0 fully saturated rings. The van der Waals surface area contributed by atoms with E-state index < -0.39 is 5.97 Å². The predicted octanol–water partition coefficient (Wildman–Crippen LogP) is 3.26. The molecule has 0 radical (unpaired) electrons. The fourth-order valence-electron chi connectivity index (χ4n) is 1.44. The summed E-state index contributed by atoms with van der Waals surface area (Å²) in [6, 6.07) is 7.33. The number of pyridine rings is 1. The minimum Gasteiger partial charge on any atom is -0.477 e. The van der Waals surface area contributed by atoms with E-state index in [1.807, 2.05) is 6.07 Å². The summed E-state index contributed by atoms with van der Waals surface area (Å²) in [5.41, 5.74) is 0.887. The summed E-state index contributed by atoms with van der Waals surface area (Å²) in [7, 11) is 0. The van der Waals surface area contributed by atoms with Crippen molar-refractivity contribution in [3.8, 4) is 0 Å². The molecule has 0 aliphatic carbocycles. The molecule has 18 heavy (non-hydrogen) atoms. The number of anilines is 1. The molecule has 2 aromatic heterocycles. The second-order valence-corrected chi connectivity index (χ2v) is 6.17. The number of rotatable bonds is 5. The van der Waals surface area contributed by atoms with Crippen molar-refractivity contribution in [3.63, 3.8) is 0 Å². The first-order valence-electron chi connectivity index (χ1n) is 5.32. The van der Waals surface area contributed by atoms with Gasteiger partial charge in [0.2, 0.25) is 0 Å². The van der Waals surface area contributed by atoms with E-state index in [-0.39, 0.29) is 5.69 Å². The number of carboxylic acids is 1. The number of aromatic nitrogens is 1. The summed E-state index contributed by atoms with van der Waals surface area (Å²) in [6.07, 6.45) is 2.46. The smallest absolute Gasteiger partial charge is 0.354 e. The highest BCUT2D eigenvalue weighted by Crippen LogP contribution is 2.22. The maximum atomic E-state index is 10.6. The van der Waals surface area contributed by atoms with Crippen LogP contribution in [0.5, 0.6) is 0 Å². The summed E-state index contributed by atoms with van der Waals surface area (Å²) in [4.78, 5) is 15.8. The van der Waals surface area contributed by atoms with Crippen molar-refractivity contribution in [1.82, 2.24) is 4.98 Å². The van der Waals surface area contributed by atoms with Gasteiger partial charge in [0.1, 0.15) is 5.69 Å². The molecule has 0 aliphatic heterocycles. The van der Waals surface area contributed by atoms with E-state index in [1.54, 1.807) is 17.4 Å². The molecule has 0 aliphatic rings. The van der Waals surface area contributed by atoms with Crippen LogP contribution in [0, 0.1) is 0 Å². The van der Waals surface area contributed by atoms with Crippen molar-refractivity contribution in [2.45, 2.75) is 6.42 Å². The average molecular weight is 327 g/mol. The SMILES string of the molecule is O=C(O)c1ccc(NCCc2ccc(Br)s2)cn1. The van der Waals surface area contributed by atoms with Gasteiger partial charge < -0.3 is 10.4 Å². The number of halogens is 1. The van der Waals surface area contributed by atoms with Gasteiger partial charge in [0.15, 0.2) is 0 Å². The molecule has 0 amide bonds. The lowest BCUT2D eigenvalue weighted by atomic mass is 10.3. The summed E-state index contributed by atoms with van der Waals surface area (Å²) >= 11 is 5.14. The molecule has 6 heteroatoms. The summed E-state index contributed by atoms with van der Waals surface area (Å²) in [6.45, 7) is 0.793. The molecule has 0 unspecified atom stereocenters. The van der Waals surface area contributed by atoms with E-state index in [0.717, 1.165) is 22.4 Å². The van der Waals surface area contributed by atoms with Gasteiger partial charge >= 0.3 is 5.97 Å². The lowest BCUT2D eigenvalue weighted by Gasteiger charge is -2.04. The molecular formula is C12H11BrN2O2S. The van der Waals surface area contributed by atoms with Crippen molar-refractivity contribution in [2.75, 3.05) is 11.9 Å². The highest BCUT2D eigenvalue weighted by molar-refractivity contribution is 9.11. The second-order valence-electron chi connectivity index (χ2n) is 3.62. The van der Waals surface area contributed by atoms with Gasteiger partial charge in [0, 0.05) is 11.4 Å². The van der Waals surface area contributed by atoms with Gasteiger partial charge in [0.05, 0.1) is 15.7 Å². The number of aromatic carboxylic acids is 1. The molecular weight excluding hydrogens is 316 g/mol. The summed E-state index contributed by atoms with van der Waals surface area (Å²) < 4.78 is 1.13. The number of hydrogen-bond acceptors (Lipinski definition) is 4. The third-order valence-corrected chi connectivity index (χ3v) is 4.00. The molecule has 4 nitrogen and oxygen atoms in total. The summed E-state index contributed by atoms with van der Waals surface area (Å²) in [5, 5.41) is 11.9. The van der Waals surface area contributed by atoms with Gasteiger partial charge in [0.25, 0.3) is 0 Å². The predicted molar refractivity (Wildman–Crippen MR) is 75.4 cm³/mol. The van der Waals surface area contributed by atoms with Gasteiger partial charge in [-0.15, -0.1) is 11.3 Å². The molecule has 0 saturated carbocycles. The van der Waals surface area contributed by atoms with Gasteiger partial charge in [-0.2, -0.15) is 0 Å². The maximum absolute atomic E-state index is 10.6. The van der Waals surface area contributed by atoms with Crippen LogP contribution in [-0.2, 0) is 6.42 Å². The molecule has 2 rings (SSSR count). The molecule has 0 aromatic carbocycles. The Morgan fingerprint density at radius 2 is 2.22 bits per heavy atom. The van der Waals surface area contributed by atoms with E-state index in [4.69, 9.17) is 5.11 Å². The monoisotopic (exact) mass is 326 g/mol. The van der Waals surface area contributed by atoms with Crippen molar-refractivity contribution >= 4 is 38.9 Å². The third kappa shape index (κ3) is 3.54. The minimum atomic E-state index is -1.01. The van der Waals surface area contributed by atoms with Gasteiger partial charge in [-0.05, 0) is 46.6 Å². The first kappa shape index (κ1) is 13.0. The van der Waals surface area contributed by atoms with Crippen LogP contribution in [0.1, 0.15) is 15.4 Å². The van der Waals surface area contributed by atoms with E-state index in [9.17, 15) is 4.79 Å². The molecule has 0 saturated heterocycles. The standard InChI is InChI=1S/C12H11BrN2O2S/c13-11-4-2-9(18-11)5-6-14-8-1-3-10(12(16)17)15-7-8/h1-4,7,14H,5-6H2,(H,16,17). The zero-order valence-electron chi connectivity index (χ0n) is 9.39. The lowest BCUT2D eigenvalue weighted by molar-refractivity contribution is 0.0690. The van der Waals surface area contributed by atoms with Crippen LogP contribution < -0.4 is 5.32 Å². The van der Waals surface area contributed by atoms with Crippen LogP contribution in [0.3, 0.4) is 0 Å². The zero-order chi connectivity index (χ0) is 13.0. The quantitative estimate of drug-likeness (QED) is 0.885. The largest absolute Gasteiger partial charge is 0.477 e. The fourth-order valence-corrected chi connectivity index (χ4v) is 2.92. The van der Waals surface area contributed by atoms with Crippen LogP contribution in [0.2, 0.25) is 0 Å². The Morgan fingerprint density at radius 1 is 1.39 bits per heavy atom. The average Bonchev–Trinajstić information content (AvgIpc) is 2.76. The number of hydrogen-bond donors (Lipinski definition) is 2. The molecule has 2 N–H and O–H groups in total. The first-order valence-corrected chi connectivity index (χ1v) is 6.93. The first-order chi connectivity index (χ1) is 8.65. The van der Waals surface area contributed by atoms with Crippen molar-refractivity contribution in [2.24, 2.45) is 0 Å². The molecule has 2 aromatic rings. The Morgan fingerprint density at radius 3 is 2.78 bits per heavy atom. The van der Waals surface area contributed by atoms with Crippen LogP contribution in [0.15, 0.2) is 34.2 Å². The Labute approximate surface area is 117 Å². The van der Waals surface area contributed by atoms with E-state index in [1.165, 1.54) is 17.1 Å². The van der Waals surface area contributed by atoms with Crippen molar-refractivity contribution in [3.05, 3.63) is 44.8 Å². The molecule has 0 spiro atoms. The minimum absolute atomic E-state index is 0.0581. The number of carboxylic acid groups (broad SMARTS) is 1. The van der Waals surface area contributed by atoms with Crippen LogP contribution in [0.4, 0.5) is 5.69 Å². The van der Waals surface area contributed by atoms with Crippen LogP contribution in [-0.4, -0.2) is 22.6 Å². The molecule has 2 heterocycles. The van der Waals surface area contributed by atoms with Gasteiger partial charge in [-0.1, -0.05) is 0 Å². The number of thiophene rings is 1. The topological polar surface area (TPSA) is 62.2 Å². The van der Waals surface area contributed by atoms with Gasteiger partial charge in [-0.25, -0.2) is 9.78 Å².